The van der Waals surface area contributed by atoms with Crippen molar-refractivity contribution in [3.05, 3.63) is 35.9 Å². The Balaban J connectivity index is 2.59. The molecule has 0 bridgehead atoms. The van der Waals surface area contributed by atoms with E-state index in [0.29, 0.717) is 5.56 Å². The number of hydrogen-bond donors (Lipinski definition) is 2. The molecule has 0 aliphatic carbocycles. The lowest BCUT2D eigenvalue weighted by Gasteiger charge is -2.21. The zero-order chi connectivity index (χ0) is 18.8. The third-order valence-electron chi connectivity index (χ3n) is 3.94. The maximum atomic E-state index is 12.3. The normalized spacial score (nSPS) is 11.9. The molecule has 1 aromatic carbocycles. The van der Waals surface area contributed by atoms with Crippen LogP contribution in [0.15, 0.2) is 30.3 Å². The molecule has 6 nitrogen and oxygen atoms in total. The van der Waals surface area contributed by atoms with Crippen molar-refractivity contribution in [1.82, 2.24) is 10.6 Å². The van der Waals surface area contributed by atoms with Crippen LogP contribution in [0.5, 0.6) is 0 Å². The van der Waals surface area contributed by atoms with Crippen molar-refractivity contribution in [2.75, 3.05) is 6.61 Å². The van der Waals surface area contributed by atoms with E-state index in [1.165, 1.54) is 0 Å². The Morgan fingerprint density at radius 2 is 1.60 bits per heavy atom. The lowest BCUT2D eigenvalue weighted by atomic mass is 10.0. The van der Waals surface area contributed by atoms with Crippen LogP contribution in [0.2, 0.25) is 0 Å². The van der Waals surface area contributed by atoms with Crippen LogP contribution in [0.1, 0.15) is 50.9 Å². The summed E-state index contributed by atoms with van der Waals surface area (Å²) in [6.07, 6.45) is 1.63. The third-order valence-corrected chi connectivity index (χ3v) is 3.94. The fraction of sp³-hybridized carbons (Fsp3) is 0.526. The van der Waals surface area contributed by atoms with E-state index in [-0.39, 0.29) is 30.4 Å². The first-order valence-corrected chi connectivity index (χ1v) is 8.70. The van der Waals surface area contributed by atoms with Gasteiger partial charge in [-0.3, -0.25) is 9.59 Å². The molecule has 6 heteroatoms. The molecule has 25 heavy (non-hydrogen) atoms. The SMILES string of the molecule is CCC(CC)NC(=O)COC(=O)[C@H](NC(=O)c1ccccc1)C(C)C. The van der Waals surface area contributed by atoms with Crippen molar-refractivity contribution in [3.63, 3.8) is 0 Å². The van der Waals surface area contributed by atoms with Crippen LogP contribution < -0.4 is 10.6 Å². The lowest BCUT2D eigenvalue weighted by molar-refractivity contribution is -0.151. The molecule has 138 valence electrons. The van der Waals surface area contributed by atoms with E-state index in [4.69, 9.17) is 4.74 Å². The largest absolute Gasteiger partial charge is 0.454 e. The summed E-state index contributed by atoms with van der Waals surface area (Å²) in [6, 6.07) is 7.91. The summed E-state index contributed by atoms with van der Waals surface area (Å²) in [4.78, 5) is 36.3. The van der Waals surface area contributed by atoms with Gasteiger partial charge in [0.1, 0.15) is 6.04 Å². The Bertz CT molecular complexity index is 568. The zero-order valence-electron chi connectivity index (χ0n) is 15.4. The monoisotopic (exact) mass is 348 g/mol. The van der Waals surface area contributed by atoms with Crippen molar-refractivity contribution < 1.29 is 19.1 Å². The number of ether oxygens (including phenoxy) is 1. The average Bonchev–Trinajstić information content (AvgIpc) is 2.62. The molecular weight excluding hydrogens is 320 g/mol. The molecule has 1 rings (SSSR count). The first-order chi connectivity index (χ1) is 11.9. The van der Waals surface area contributed by atoms with Gasteiger partial charge in [-0.2, -0.15) is 0 Å². The highest BCUT2D eigenvalue weighted by Crippen LogP contribution is 2.07. The molecule has 0 heterocycles. The van der Waals surface area contributed by atoms with E-state index < -0.39 is 12.0 Å². The minimum absolute atomic E-state index is 0.0740. The van der Waals surface area contributed by atoms with E-state index in [0.717, 1.165) is 12.8 Å². The molecule has 0 saturated heterocycles. The number of benzene rings is 1. The minimum atomic E-state index is -0.811. The van der Waals surface area contributed by atoms with Crippen molar-refractivity contribution in [2.45, 2.75) is 52.6 Å². The molecule has 0 spiro atoms. The maximum Gasteiger partial charge on any atom is 0.329 e. The molecular formula is C19H28N2O4. The van der Waals surface area contributed by atoms with Crippen LogP contribution in [0.4, 0.5) is 0 Å². The van der Waals surface area contributed by atoms with Crippen molar-refractivity contribution in [2.24, 2.45) is 5.92 Å². The van der Waals surface area contributed by atoms with Crippen molar-refractivity contribution in [3.8, 4) is 0 Å². The van der Waals surface area contributed by atoms with E-state index in [1.54, 1.807) is 24.3 Å². The summed E-state index contributed by atoms with van der Waals surface area (Å²) in [5.74, 6) is -1.46. The molecule has 0 aliphatic rings. The van der Waals surface area contributed by atoms with Crippen molar-refractivity contribution in [1.29, 1.82) is 0 Å². The van der Waals surface area contributed by atoms with E-state index >= 15 is 0 Å². The topological polar surface area (TPSA) is 84.5 Å². The summed E-state index contributed by atoms with van der Waals surface area (Å²) in [6.45, 7) is 7.23. The first kappa shape index (κ1) is 20.7. The number of rotatable bonds is 9. The van der Waals surface area contributed by atoms with Gasteiger partial charge < -0.3 is 15.4 Å². The van der Waals surface area contributed by atoms with Crippen LogP contribution in [-0.4, -0.2) is 36.5 Å². The van der Waals surface area contributed by atoms with Crippen LogP contribution in [0.25, 0.3) is 0 Å². The molecule has 1 aromatic rings. The summed E-state index contributed by atoms with van der Waals surface area (Å²) in [7, 11) is 0. The number of hydrogen-bond acceptors (Lipinski definition) is 4. The Labute approximate surface area is 149 Å². The molecule has 0 radical (unpaired) electrons. The molecule has 0 aromatic heterocycles. The van der Waals surface area contributed by atoms with Gasteiger partial charge in [-0.1, -0.05) is 45.9 Å². The minimum Gasteiger partial charge on any atom is -0.454 e. The van der Waals surface area contributed by atoms with Crippen LogP contribution in [-0.2, 0) is 14.3 Å². The molecule has 1 atom stereocenters. The van der Waals surface area contributed by atoms with E-state index in [1.807, 2.05) is 33.8 Å². The van der Waals surface area contributed by atoms with Gasteiger partial charge in [0, 0.05) is 11.6 Å². The number of carbonyl (C=O) groups excluding carboxylic acids is 3. The smallest absolute Gasteiger partial charge is 0.329 e. The van der Waals surface area contributed by atoms with Gasteiger partial charge in [-0.15, -0.1) is 0 Å². The average molecular weight is 348 g/mol. The fourth-order valence-electron chi connectivity index (χ4n) is 2.30. The molecule has 2 amide bonds. The predicted molar refractivity (Wildman–Crippen MR) is 96.0 cm³/mol. The summed E-state index contributed by atoms with van der Waals surface area (Å²) >= 11 is 0. The van der Waals surface area contributed by atoms with Gasteiger partial charge in [0.25, 0.3) is 11.8 Å². The van der Waals surface area contributed by atoms with E-state index in [9.17, 15) is 14.4 Å². The molecule has 0 unspecified atom stereocenters. The Kier molecular flexibility index (Phi) is 8.67. The van der Waals surface area contributed by atoms with Crippen LogP contribution in [0, 0.1) is 5.92 Å². The van der Waals surface area contributed by atoms with Gasteiger partial charge in [0.15, 0.2) is 6.61 Å². The number of amides is 2. The Hall–Kier alpha value is -2.37. The lowest BCUT2D eigenvalue weighted by Crippen LogP contribution is -2.46. The number of esters is 1. The van der Waals surface area contributed by atoms with Gasteiger partial charge in [0.05, 0.1) is 0 Å². The summed E-state index contributed by atoms with van der Waals surface area (Å²) < 4.78 is 5.09. The molecule has 2 N–H and O–H groups in total. The quantitative estimate of drug-likeness (QED) is 0.671. The highest BCUT2D eigenvalue weighted by molar-refractivity contribution is 5.97. The Morgan fingerprint density at radius 3 is 2.12 bits per heavy atom. The summed E-state index contributed by atoms with van der Waals surface area (Å²) in [5, 5.41) is 5.48. The third kappa shape index (κ3) is 6.95. The molecule has 0 saturated carbocycles. The fourth-order valence-corrected chi connectivity index (χ4v) is 2.30. The molecule has 0 fully saturated rings. The van der Waals surface area contributed by atoms with Crippen molar-refractivity contribution >= 4 is 17.8 Å². The number of carbonyl (C=O) groups is 3. The summed E-state index contributed by atoms with van der Waals surface area (Å²) in [5.41, 5.74) is 0.465. The highest BCUT2D eigenvalue weighted by atomic mass is 16.5. The van der Waals surface area contributed by atoms with Crippen LogP contribution >= 0.6 is 0 Å². The zero-order valence-corrected chi connectivity index (χ0v) is 15.4. The molecule has 0 aliphatic heterocycles. The van der Waals surface area contributed by atoms with E-state index in [2.05, 4.69) is 10.6 Å². The second-order valence-corrected chi connectivity index (χ2v) is 6.25. The number of nitrogens with one attached hydrogen (secondary N) is 2. The Morgan fingerprint density at radius 1 is 1.00 bits per heavy atom. The van der Waals surface area contributed by atoms with Gasteiger partial charge in [0.2, 0.25) is 0 Å². The second-order valence-electron chi connectivity index (χ2n) is 6.25. The predicted octanol–water partition coefficient (Wildman–Crippen LogP) is 2.29. The van der Waals surface area contributed by atoms with Gasteiger partial charge >= 0.3 is 5.97 Å². The standard InChI is InChI=1S/C19H28N2O4/c1-5-15(6-2)20-16(22)12-25-19(24)17(13(3)4)21-18(23)14-10-8-7-9-11-14/h7-11,13,15,17H,5-6,12H2,1-4H3,(H,20,22)(H,21,23)/t17-/m1/s1. The highest BCUT2D eigenvalue weighted by Gasteiger charge is 2.26. The van der Waals surface area contributed by atoms with Gasteiger partial charge in [-0.25, -0.2) is 4.79 Å². The first-order valence-electron chi connectivity index (χ1n) is 8.70. The second kappa shape index (κ2) is 10.5. The van der Waals surface area contributed by atoms with Gasteiger partial charge in [-0.05, 0) is 30.9 Å². The maximum absolute atomic E-state index is 12.3. The van der Waals surface area contributed by atoms with Crippen LogP contribution in [0.3, 0.4) is 0 Å².